The summed E-state index contributed by atoms with van der Waals surface area (Å²) < 4.78 is 1.65. The number of aryl methyl sites for hydroxylation is 2. The third kappa shape index (κ3) is 4.32. The largest absolute Gasteiger partial charge is 0.352 e. The molecule has 0 unspecified atom stereocenters. The van der Waals surface area contributed by atoms with Crippen LogP contribution in [0.3, 0.4) is 0 Å². The van der Waals surface area contributed by atoms with Gasteiger partial charge in [0.25, 0.3) is 5.91 Å². The Morgan fingerprint density at radius 3 is 2.67 bits per heavy atom. The summed E-state index contributed by atoms with van der Waals surface area (Å²) in [6.45, 7) is 0.578. The maximum atomic E-state index is 13.0. The monoisotopic (exact) mass is 438 g/mol. The van der Waals surface area contributed by atoms with E-state index < -0.39 is 0 Å². The van der Waals surface area contributed by atoms with Crippen LogP contribution >= 0.6 is 23.2 Å². The fraction of sp³-hybridized carbons (Fsp3) is 0.174. The van der Waals surface area contributed by atoms with E-state index in [4.69, 9.17) is 23.2 Å². The number of fused-ring (bicyclic) bond motifs is 1. The molecule has 2 aromatic heterocycles. The lowest BCUT2D eigenvalue weighted by atomic mass is 10.1. The van der Waals surface area contributed by atoms with Gasteiger partial charge in [0, 0.05) is 24.2 Å². The summed E-state index contributed by atoms with van der Waals surface area (Å²) in [4.78, 5) is 17.6. The SMILES string of the molecule is Cn1ncc2c(C(=O)NCCCc3ccccc3)cc(-c3ccc(Cl)cc3Cl)nc21. The zero-order valence-corrected chi connectivity index (χ0v) is 17.9. The number of carbonyl (C=O) groups is 1. The van der Waals surface area contributed by atoms with E-state index in [1.807, 2.05) is 18.2 Å². The number of pyridine rings is 1. The van der Waals surface area contributed by atoms with Crippen molar-refractivity contribution in [1.82, 2.24) is 20.1 Å². The lowest BCUT2D eigenvalue weighted by Crippen LogP contribution is -2.25. The third-order valence-electron chi connectivity index (χ3n) is 4.93. The smallest absolute Gasteiger partial charge is 0.252 e. The lowest BCUT2D eigenvalue weighted by molar-refractivity contribution is 0.0955. The van der Waals surface area contributed by atoms with Crippen molar-refractivity contribution in [2.24, 2.45) is 7.05 Å². The van der Waals surface area contributed by atoms with Gasteiger partial charge in [0.05, 0.1) is 27.9 Å². The number of hydrogen-bond acceptors (Lipinski definition) is 3. The molecular weight excluding hydrogens is 419 g/mol. The van der Waals surface area contributed by atoms with E-state index in [0.29, 0.717) is 44.4 Å². The van der Waals surface area contributed by atoms with E-state index >= 15 is 0 Å². The number of amides is 1. The minimum absolute atomic E-state index is 0.158. The molecular formula is C23H20Cl2N4O. The van der Waals surface area contributed by atoms with Gasteiger partial charge in [0.1, 0.15) is 0 Å². The molecule has 1 N–H and O–H groups in total. The number of benzene rings is 2. The van der Waals surface area contributed by atoms with Crippen LogP contribution in [0.2, 0.25) is 10.0 Å². The quantitative estimate of drug-likeness (QED) is 0.415. The summed E-state index contributed by atoms with van der Waals surface area (Å²) in [6, 6.07) is 17.2. The Kier molecular flexibility index (Phi) is 6.02. The van der Waals surface area contributed by atoms with E-state index in [1.165, 1.54) is 5.56 Å². The molecule has 152 valence electrons. The maximum absolute atomic E-state index is 13.0. The van der Waals surface area contributed by atoms with Gasteiger partial charge >= 0.3 is 0 Å². The highest BCUT2D eigenvalue weighted by Crippen LogP contribution is 2.31. The lowest BCUT2D eigenvalue weighted by Gasteiger charge is -2.10. The number of halogens is 2. The topological polar surface area (TPSA) is 59.8 Å². The van der Waals surface area contributed by atoms with Crippen LogP contribution in [0, 0.1) is 0 Å². The number of nitrogens with zero attached hydrogens (tertiary/aromatic N) is 3. The zero-order valence-electron chi connectivity index (χ0n) is 16.4. The molecule has 30 heavy (non-hydrogen) atoms. The van der Waals surface area contributed by atoms with E-state index in [2.05, 4.69) is 27.5 Å². The second kappa shape index (κ2) is 8.86. The van der Waals surface area contributed by atoms with Crippen molar-refractivity contribution in [3.05, 3.63) is 82.0 Å². The number of rotatable bonds is 6. The molecule has 0 saturated carbocycles. The summed E-state index contributed by atoms with van der Waals surface area (Å²) in [5, 5.41) is 9.00. The van der Waals surface area contributed by atoms with Crippen LogP contribution in [-0.4, -0.2) is 27.2 Å². The molecule has 0 aliphatic rings. The molecule has 0 radical (unpaired) electrons. The number of hydrogen-bond donors (Lipinski definition) is 1. The molecule has 0 atom stereocenters. The number of carbonyl (C=O) groups excluding carboxylic acids is 1. The van der Waals surface area contributed by atoms with E-state index in [1.54, 1.807) is 42.2 Å². The molecule has 0 aliphatic heterocycles. The molecule has 0 saturated heterocycles. The van der Waals surface area contributed by atoms with Crippen molar-refractivity contribution < 1.29 is 4.79 Å². The Morgan fingerprint density at radius 1 is 1.10 bits per heavy atom. The van der Waals surface area contributed by atoms with Gasteiger partial charge in [-0.2, -0.15) is 5.10 Å². The number of nitrogens with one attached hydrogen (secondary N) is 1. The van der Waals surface area contributed by atoms with Crippen molar-refractivity contribution in [3.63, 3.8) is 0 Å². The maximum Gasteiger partial charge on any atom is 0.252 e. The molecule has 4 rings (SSSR count). The van der Waals surface area contributed by atoms with Crippen LogP contribution in [0.15, 0.2) is 60.8 Å². The van der Waals surface area contributed by atoms with Gasteiger partial charge in [-0.05, 0) is 42.7 Å². The van der Waals surface area contributed by atoms with Gasteiger partial charge in [0.15, 0.2) is 5.65 Å². The van der Waals surface area contributed by atoms with E-state index in [9.17, 15) is 4.79 Å². The van der Waals surface area contributed by atoms with Crippen molar-refractivity contribution >= 4 is 40.1 Å². The van der Waals surface area contributed by atoms with Crippen molar-refractivity contribution in [3.8, 4) is 11.3 Å². The molecule has 5 nitrogen and oxygen atoms in total. The molecule has 7 heteroatoms. The Bertz CT molecular complexity index is 1200. The van der Waals surface area contributed by atoms with Gasteiger partial charge in [-0.25, -0.2) is 4.98 Å². The highest BCUT2D eigenvalue weighted by Gasteiger charge is 2.17. The predicted octanol–water partition coefficient (Wildman–Crippen LogP) is 5.30. The molecule has 0 aliphatic carbocycles. The average molecular weight is 439 g/mol. The highest BCUT2D eigenvalue weighted by atomic mass is 35.5. The minimum atomic E-state index is -0.158. The summed E-state index contributed by atoms with van der Waals surface area (Å²) in [5.41, 5.74) is 3.70. The minimum Gasteiger partial charge on any atom is -0.352 e. The molecule has 0 bridgehead atoms. The second-order valence-electron chi connectivity index (χ2n) is 7.03. The third-order valence-corrected chi connectivity index (χ3v) is 5.48. The van der Waals surface area contributed by atoms with Crippen molar-refractivity contribution in [2.45, 2.75) is 12.8 Å². The van der Waals surface area contributed by atoms with Crippen molar-refractivity contribution in [2.75, 3.05) is 6.54 Å². The molecule has 2 aromatic carbocycles. The highest BCUT2D eigenvalue weighted by molar-refractivity contribution is 6.36. The van der Waals surface area contributed by atoms with Crippen LogP contribution in [0.1, 0.15) is 22.3 Å². The summed E-state index contributed by atoms with van der Waals surface area (Å²) in [7, 11) is 1.80. The van der Waals surface area contributed by atoms with Gasteiger partial charge in [-0.1, -0.05) is 53.5 Å². The normalized spacial score (nSPS) is 11.0. The van der Waals surface area contributed by atoms with Crippen LogP contribution in [0.25, 0.3) is 22.3 Å². The first-order valence-electron chi connectivity index (χ1n) is 9.63. The molecule has 0 fully saturated rings. The van der Waals surface area contributed by atoms with Crippen LogP contribution in [0.5, 0.6) is 0 Å². The van der Waals surface area contributed by atoms with E-state index in [-0.39, 0.29) is 5.91 Å². The predicted molar refractivity (Wildman–Crippen MR) is 121 cm³/mol. The first-order valence-corrected chi connectivity index (χ1v) is 10.4. The zero-order chi connectivity index (χ0) is 21.1. The Balaban J connectivity index is 1.58. The summed E-state index contributed by atoms with van der Waals surface area (Å²) in [6.07, 6.45) is 3.42. The average Bonchev–Trinajstić information content (AvgIpc) is 3.12. The summed E-state index contributed by atoms with van der Waals surface area (Å²) >= 11 is 12.4. The molecule has 2 heterocycles. The Morgan fingerprint density at radius 2 is 1.90 bits per heavy atom. The summed E-state index contributed by atoms with van der Waals surface area (Å²) in [5.74, 6) is -0.158. The van der Waals surface area contributed by atoms with Crippen LogP contribution in [-0.2, 0) is 13.5 Å². The number of aromatic nitrogens is 3. The fourth-order valence-corrected chi connectivity index (χ4v) is 3.88. The fourth-order valence-electron chi connectivity index (χ4n) is 3.37. The van der Waals surface area contributed by atoms with Crippen LogP contribution < -0.4 is 5.32 Å². The Labute approximate surface area is 184 Å². The molecule has 1 amide bonds. The van der Waals surface area contributed by atoms with Crippen LogP contribution in [0.4, 0.5) is 0 Å². The van der Waals surface area contributed by atoms with Crippen molar-refractivity contribution in [1.29, 1.82) is 0 Å². The first kappa shape index (κ1) is 20.4. The Hall–Kier alpha value is -2.89. The second-order valence-corrected chi connectivity index (χ2v) is 7.87. The van der Waals surface area contributed by atoms with E-state index in [0.717, 1.165) is 12.8 Å². The van der Waals surface area contributed by atoms with Gasteiger partial charge in [-0.15, -0.1) is 0 Å². The van der Waals surface area contributed by atoms with Gasteiger partial charge < -0.3 is 5.32 Å². The molecule has 0 spiro atoms. The molecule has 4 aromatic rings. The first-order chi connectivity index (χ1) is 14.5. The van der Waals surface area contributed by atoms with Gasteiger partial charge in [0.2, 0.25) is 0 Å². The van der Waals surface area contributed by atoms with Gasteiger partial charge in [-0.3, -0.25) is 9.48 Å². The standard InChI is InChI=1S/C23H20Cl2N4O/c1-29-22-19(14-27-29)18(13-21(28-22)17-10-9-16(24)12-20(17)25)23(30)26-11-5-8-15-6-3-2-4-7-15/h2-4,6-7,9-10,12-14H,5,8,11H2,1H3,(H,26,30).